The molecule has 0 aliphatic rings. The first-order chi connectivity index (χ1) is 10.0. The van der Waals surface area contributed by atoms with Crippen LogP contribution in [0.5, 0.6) is 5.88 Å². The molecule has 0 atom stereocenters. The van der Waals surface area contributed by atoms with Gasteiger partial charge < -0.3 is 10.1 Å². The molecule has 0 radical (unpaired) electrons. The third-order valence-electron chi connectivity index (χ3n) is 2.97. The third kappa shape index (κ3) is 4.86. The summed E-state index contributed by atoms with van der Waals surface area (Å²) in [7, 11) is 1.87. The van der Waals surface area contributed by atoms with Gasteiger partial charge in [-0.25, -0.2) is 9.36 Å². The lowest BCUT2D eigenvalue weighted by molar-refractivity contribution is 0.267. The smallest absolute Gasteiger partial charge is 0.211 e. The Morgan fingerprint density at radius 1 is 1.38 bits per heavy atom. The Morgan fingerprint density at radius 3 is 2.86 bits per heavy atom. The quantitative estimate of drug-likeness (QED) is 0.790. The Labute approximate surface area is 125 Å². The molecule has 0 fully saturated rings. The molecule has 21 heavy (non-hydrogen) atoms. The zero-order valence-corrected chi connectivity index (χ0v) is 13.2. The first-order valence-corrected chi connectivity index (χ1v) is 7.27. The maximum Gasteiger partial charge on any atom is 0.211 e. The number of aryl methyl sites for hydroxylation is 2. The van der Waals surface area contributed by atoms with E-state index in [1.807, 2.05) is 26.2 Å². The highest BCUT2D eigenvalue weighted by atomic mass is 16.5. The van der Waals surface area contributed by atoms with Gasteiger partial charge in [0.25, 0.3) is 0 Å². The normalized spacial score (nSPS) is 11.3. The van der Waals surface area contributed by atoms with Gasteiger partial charge in [-0.3, -0.25) is 0 Å². The summed E-state index contributed by atoms with van der Waals surface area (Å²) in [6, 6.07) is 1.92. The molecule has 7 nitrogen and oxygen atoms in total. The van der Waals surface area contributed by atoms with Gasteiger partial charge in [-0.15, -0.1) is 5.10 Å². The van der Waals surface area contributed by atoms with E-state index in [1.54, 1.807) is 9.36 Å². The van der Waals surface area contributed by atoms with Gasteiger partial charge in [0.05, 0.1) is 17.9 Å². The van der Waals surface area contributed by atoms with Crippen LogP contribution in [0.1, 0.15) is 25.2 Å². The van der Waals surface area contributed by atoms with Gasteiger partial charge in [0.1, 0.15) is 6.61 Å². The zero-order chi connectivity index (χ0) is 15.2. The van der Waals surface area contributed by atoms with Crippen LogP contribution in [-0.4, -0.2) is 37.9 Å². The van der Waals surface area contributed by atoms with E-state index in [-0.39, 0.29) is 0 Å². The Balaban J connectivity index is 1.74. The number of hydrogen-bond donors (Lipinski definition) is 1. The molecule has 2 aromatic rings. The maximum atomic E-state index is 5.68. The van der Waals surface area contributed by atoms with Gasteiger partial charge in [-0.05, 0) is 19.4 Å². The fraction of sp³-hybridized carbons (Fsp3) is 0.643. The molecule has 0 amide bonds. The largest absolute Gasteiger partial charge is 0.476 e. The highest BCUT2D eigenvalue weighted by Gasteiger charge is 2.04. The van der Waals surface area contributed by atoms with Crippen LogP contribution in [-0.2, 0) is 20.1 Å². The van der Waals surface area contributed by atoms with E-state index in [0.29, 0.717) is 19.1 Å². The average molecular weight is 292 g/mol. The summed E-state index contributed by atoms with van der Waals surface area (Å²) in [6.07, 6.45) is 1.95. The van der Waals surface area contributed by atoms with E-state index >= 15 is 0 Å². The molecule has 7 heteroatoms. The highest BCUT2D eigenvalue weighted by molar-refractivity contribution is 5.14. The summed E-state index contributed by atoms with van der Waals surface area (Å²) in [5, 5.41) is 15.8. The first-order valence-electron chi connectivity index (χ1n) is 7.27. The number of hydrogen-bond acceptors (Lipinski definition) is 5. The van der Waals surface area contributed by atoms with Crippen molar-refractivity contribution in [3.8, 4) is 5.88 Å². The van der Waals surface area contributed by atoms with Crippen molar-refractivity contribution in [3.05, 3.63) is 23.7 Å². The average Bonchev–Trinajstić information content (AvgIpc) is 2.97. The van der Waals surface area contributed by atoms with Gasteiger partial charge in [-0.2, -0.15) is 5.10 Å². The highest BCUT2D eigenvalue weighted by Crippen LogP contribution is 2.10. The summed E-state index contributed by atoms with van der Waals surface area (Å²) in [4.78, 5) is 0. The SMILES string of the molecule is Cc1cc(OCCn2cc(CNCC(C)C)nn2)n(C)n1. The molecule has 0 saturated heterocycles. The minimum Gasteiger partial charge on any atom is -0.476 e. The Bertz CT molecular complexity index is 560. The summed E-state index contributed by atoms with van der Waals surface area (Å²) < 4.78 is 9.21. The van der Waals surface area contributed by atoms with E-state index in [2.05, 4.69) is 34.6 Å². The Morgan fingerprint density at radius 2 is 2.19 bits per heavy atom. The molecular weight excluding hydrogens is 268 g/mol. The zero-order valence-electron chi connectivity index (χ0n) is 13.2. The number of nitrogens with zero attached hydrogens (tertiary/aromatic N) is 5. The summed E-state index contributed by atoms with van der Waals surface area (Å²) in [5.74, 6) is 1.40. The molecule has 1 N–H and O–H groups in total. The van der Waals surface area contributed by atoms with E-state index in [0.717, 1.165) is 30.4 Å². The Hall–Kier alpha value is -1.89. The second-order valence-corrected chi connectivity index (χ2v) is 5.59. The number of aromatic nitrogens is 5. The van der Waals surface area contributed by atoms with Gasteiger partial charge in [0.2, 0.25) is 5.88 Å². The van der Waals surface area contributed by atoms with Crippen molar-refractivity contribution < 1.29 is 4.74 Å². The fourth-order valence-corrected chi connectivity index (χ4v) is 1.98. The topological polar surface area (TPSA) is 69.8 Å². The number of rotatable bonds is 8. The number of nitrogens with one attached hydrogen (secondary N) is 1. The van der Waals surface area contributed by atoms with E-state index in [9.17, 15) is 0 Å². The molecular formula is C14H24N6O. The van der Waals surface area contributed by atoms with E-state index in [4.69, 9.17) is 4.74 Å². The van der Waals surface area contributed by atoms with Crippen molar-refractivity contribution in [2.45, 2.75) is 33.9 Å². The van der Waals surface area contributed by atoms with Crippen molar-refractivity contribution >= 4 is 0 Å². The second-order valence-electron chi connectivity index (χ2n) is 5.59. The Kier molecular flexibility index (Phi) is 5.32. The van der Waals surface area contributed by atoms with Crippen molar-refractivity contribution in [2.24, 2.45) is 13.0 Å². The van der Waals surface area contributed by atoms with Gasteiger partial charge in [-0.1, -0.05) is 19.1 Å². The molecule has 0 aliphatic carbocycles. The monoisotopic (exact) mass is 292 g/mol. The van der Waals surface area contributed by atoms with Crippen LogP contribution in [0.2, 0.25) is 0 Å². The summed E-state index contributed by atoms with van der Waals surface area (Å²) in [6.45, 7) is 9.25. The molecule has 0 bridgehead atoms. The molecule has 0 aliphatic heterocycles. The molecule has 0 unspecified atom stereocenters. The molecule has 2 aromatic heterocycles. The molecule has 0 spiro atoms. The lowest BCUT2D eigenvalue weighted by Crippen LogP contribution is -2.19. The lowest BCUT2D eigenvalue weighted by atomic mass is 10.2. The number of ether oxygens (including phenoxy) is 1. The molecule has 2 heterocycles. The predicted molar refractivity (Wildman–Crippen MR) is 80.0 cm³/mol. The van der Waals surface area contributed by atoms with Crippen LogP contribution < -0.4 is 10.1 Å². The van der Waals surface area contributed by atoms with Gasteiger partial charge >= 0.3 is 0 Å². The van der Waals surface area contributed by atoms with Gasteiger partial charge in [0, 0.05) is 25.9 Å². The van der Waals surface area contributed by atoms with Crippen LogP contribution in [0.3, 0.4) is 0 Å². The molecule has 0 aromatic carbocycles. The van der Waals surface area contributed by atoms with Crippen molar-refractivity contribution in [1.29, 1.82) is 0 Å². The van der Waals surface area contributed by atoms with Crippen LogP contribution in [0.15, 0.2) is 12.3 Å². The predicted octanol–water partition coefficient (Wildman–Crippen LogP) is 1.14. The molecule has 0 saturated carbocycles. The van der Waals surface area contributed by atoms with Crippen LogP contribution >= 0.6 is 0 Å². The van der Waals surface area contributed by atoms with Crippen molar-refractivity contribution in [2.75, 3.05) is 13.2 Å². The minimum absolute atomic E-state index is 0.543. The van der Waals surface area contributed by atoms with Crippen molar-refractivity contribution in [3.63, 3.8) is 0 Å². The molecule has 2 rings (SSSR count). The van der Waals surface area contributed by atoms with Crippen molar-refractivity contribution in [1.82, 2.24) is 30.1 Å². The summed E-state index contributed by atoms with van der Waals surface area (Å²) in [5.41, 5.74) is 1.90. The van der Waals surface area contributed by atoms with E-state index < -0.39 is 0 Å². The minimum atomic E-state index is 0.543. The van der Waals surface area contributed by atoms with Crippen LogP contribution in [0.25, 0.3) is 0 Å². The first kappa shape index (κ1) is 15.5. The molecule has 116 valence electrons. The van der Waals surface area contributed by atoms with Gasteiger partial charge in [0.15, 0.2) is 0 Å². The standard InChI is InChI=1S/C14H24N6O/c1-11(2)8-15-9-13-10-20(18-16-13)5-6-21-14-7-12(3)17-19(14)4/h7,10-11,15H,5-6,8-9H2,1-4H3. The lowest BCUT2D eigenvalue weighted by Gasteiger charge is -2.05. The van der Waals surface area contributed by atoms with Crippen LogP contribution in [0, 0.1) is 12.8 Å². The third-order valence-corrected chi connectivity index (χ3v) is 2.97. The fourth-order valence-electron chi connectivity index (χ4n) is 1.98. The second kappa shape index (κ2) is 7.21. The summed E-state index contributed by atoms with van der Waals surface area (Å²) >= 11 is 0. The van der Waals surface area contributed by atoms with E-state index in [1.165, 1.54) is 0 Å². The maximum absolute atomic E-state index is 5.68. The van der Waals surface area contributed by atoms with Crippen LogP contribution in [0.4, 0.5) is 0 Å².